The van der Waals surface area contributed by atoms with Gasteiger partial charge in [-0.05, 0) is 18.4 Å². The average Bonchev–Trinajstić information content (AvgIpc) is 2.77. The van der Waals surface area contributed by atoms with Crippen molar-refractivity contribution in [3.05, 3.63) is 23.7 Å². The number of nitrogens with two attached hydrogens (primary N) is 1. The van der Waals surface area contributed by atoms with Gasteiger partial charge in [0, 0.05) is 6.61 Å². The van der Waals surface area contributed by atoms with E-state index in [1.54, 1.807) is 6.07 Å². The minimum atomic E-state index is -0.362. The van der Waals surface area contributed by atoms with Crippen molar-refractivity contribution < 1.29 is 13.9 Å². The summed E-state index contributed by atoms with van der Waals surface area (Å²) in [7, 11) is 0. The maximum atomic E-state index is 11.3. The molecular weight excluding hydrogens is 220 g/mol. The summed E-state index contributed by atoms with van der Waals surface area (Å²) in [6.45, 7) is 5.24. The molecule has 5 nitrogen and oxygen atoms in total. The van der Waals surface area contributed by atoms with E-state index in [-0.39, 0.29) is 5.91 Å². The summed E-state index contributed by atoms with van der Waals surface area (Å²) in [4.78, 5) is 11.3. The molecule has 1 heterocycles. The zero-order valence-electron chi connectivity index (χ0n) is 10.4. The van der Waals surface area contributed by atoms with Gasteiger partial charge in [0.1, 0.15) is 12.4 Å². The van der Waals surface area contributed by atoms with Crippen LogP contribution < -0.4 is 11.3 Å². The Kier molecular flexibility index (Phi) is 5.72. The lowest BCUT2D eigenvalue weighted by Crippen LogP contribution is -2.30. The zero-order valence-corrected chi connectivity index (χ0v) is 10.4. The number of furan rings is 1. The summed E-state index contributed by atoms with van der Waals surface area (Å²) < 4.78 is 10.7. The topological polar surface area (TPSA) is 77.5 Å². The Balaban J connectivity index is 2.41. The highest BCUT2D eigenvalue weighted by atomic mass is 16.5. The van der Waals surface area contributed by atoms with Gasteiger partial charge in [0.2, 0.25) is 0 Å². The van der Waals surface area contributed by atoms with Crippen LogP contribution in [0.15, 0.2) is 16.7 Å². The minimum Gasteiger partial charge on any atom is -0.466 e. The molecule has 1 aromatic heterocycles. The van der Waals surface area contributed by atoms with Crippen LogP contribution in [0.1, 0.15) is 42.8 Å². The van der Waals surface area contributed by atoms with Crippen LogP contribution >= 0.6 is 0 Å². The van der Waals surface area contributed by atoms with Crippen LogP contribution in [0.2, 0.25) is 0 Å². The molecule has 3 N–H and O–H groups in total. The predicted molar refractivity (Wildman–Crippen MR) is 64.1 cm³/mol. The molecular formula is C12H20N2O3. The summed E-state index contributed by atoms with van der Waals surface area (Å²) in [5.41, 5.74) is 2.50. The molecule has 0 saturated carbocycles. The third kappa shape index (κ3) is 4.20. The summed E-state index contributed by atoms with van der Waals surface area (Å²) in [6.07, 6.45) is 3.74. The van der Waals surface area contributed by atoms with Gasteiger partial charge in [0.15, 0.2) is 0 Å². The van der Waals surface area contributed by atoms with Crippen molar-refractivity contribution in [3.8, 4) is 0 Å². The lowest BCUT2D eigenvalue weighted by molar-refractivity contribution is 0.0754. The highest BCUT2D eigenvalue weighted by Crippen LogP contribution is 2.13. The molecule has 1 unspecified atom stereocenters. The van der Waals surface area contributed by atoms with Gasteiger partial charge in [0.25, 0.3) is 5.91 Å². The van der Waals surface area contributed by atoms with Crippen LogP contribution in [0.25, 0.3) is 0 Å². The molecule has 0 radical (unpaired) electrons. The number of hydrogen-bond donors (Lipinski definition) is 2. The first kappa shape index (κ1) is 13.7. The fourth-order valence-electron chi connectivity index (χ4n) is 1.66. The van der Waals surface area contributed by atoms with Crippen molar-refractivity contribution >= 4 is 5.91 Å². The van der Waals surface area contributed by atoms with Gasteiger partial charge in [-0.15, -0.1) is 0 Å². The number of ether oxygens (including phenoxy) is 1. The van der Waals surface area contributed by atoms with E-state index >= 15 is 0 Å². The molecule has 0 aromatic carbocycles. The molecule has 1 atom stereocenters. The zero-order chi connectivity index (χ0) is 12.7. The van der Waals surface area contributed by atoms with Crippen LogP contribution in [0.3, 0.4) is 0 Å². The second-order valence-corrected chi connectivity index (χ2v) is 4.14. The lowest BCUT2D eigenvalue weighted by atomic mass is 10.1. The number of amides is 1. The summed E-state index contributed by atoms with van der Waals surface area (Å²) in [6, 6.07) is 1.58. The van der Waals surface area contributed by atoms with E-state index in [2.05, 4.69) is 19.3 Å². The van der Waals surface area contributed by atoms with Gasteiger partial charge in [0.05, 0.1) is 11.8 Å². The molecule has 17 heavy (non-hydrogen) atoms. The average molecular weight is 240 g/mol. The van der Waals surface area contributed by atoms with Crippen LogP contribution in [-0.2, 0) is 11.3 Å². The number of hydrogen-bond acceptors (Lipinski definition) is 4. The monoisotopic (exact) mass is 240 g/mol. The van der Waals surface area contributed by atoms with E-state index < -0.39 is 0 Å². The number of nitrogen functional groups attached to an aromatic ring is 1. The van der Waals surface area contributed by atoms with Crippen molar-refractivity contribution in [3.63, 3.8) is 0 Å². The second-order valence-electron chi connectivity index (χ2n) is 4.14. The third-order valence-electron chi connectivity index (χ3n) is 2.54. The van der Waals surface area contributed by atoms with Crippen LogP contribution in [0.4, 0.5) is 0 Å². The maximum Gasteiger partial charge on any atom is 0.268 e. The Morgan fingerprint density at radius 1 is 1.65 bits per heavy atom. The molecule has 1 rings (SSSR count). The van der Waals surface area contributed by atoms with Crippen molar-refractivity contribution in [1.29, 1.82) is 0 Å². The number of hydrazine groups is 1. The Labute approximate surface area is 101 Å². The summed E-state index contributed by atoms with van der Waals surface area (Å²) in [5.74, 6) is 5.73. The largest absolute Gasteiger partial charge is 0.466 e. The fourth-order valence-corrected chi connectivity index (χ4v) is 1.66. The highest BCUT2D eigenvalue weighted by molar-refractivity contribution is 5.94. The van der Waals surface area contributed by atoms with Gasteiger partial charge in [-0.2, -0.15) is 0 Å². The van der Waals surface area contributed by atoms with Gasteiger partial charge >= 0.3 is 0 Å². The Hall–Kier alpha value is -1.33. The van der Waals surface area contributed by atoms with Crippen molar-refractivity contribution in [2.45, 2.75) is 33.3 Å². The third-order valence-corrected chi connectivity index (χ3v) is 2.54. The van der Waals surface area contributed by atoms with Gasteiger partial charge in [-0.3, -0.25) is 10.2 Å². The molecule has 0 saturated heterocycles. The Bertz CT molecular complexity index is 349. The second kappa shape index (κ2) is 7.09. The van der Waals surface area contributed by atoms with Crippen molar-refractivity contribution in [1.82, 2.24) is 5.43 Å². The van der Waals surface area contributed by atoms with Crippen LogP contribution in [0, 0.1) is 5.92 Å². The molecule has 0 aliphatic rings. The first-order valence-electron chi connectivity index (χ1n) is 5.84. The number of carbonyl (C=O) groups excluding carboxylic acids is 1. The molecule has 1 aromatic rings. The SMILES string of the molecule is CCCC(C)COCc1occc1C(=O)NN. The van der Waals surface area contributed by atoms with E-state index in [0.717, 1.165) is 12.8 Å². The summed E-state index contributed by atoms with van der Waals surface area (Å²) in [5, 5.41) is 0. The highest BCUT2D eigenvalue weighted by Gasteiger charge is 2.13. The quantitative estimate of drug-likeness (QED) is 0.433. The predicted octanol–water partition coefficient (Wildman–Crippen LogP) is 1.84. The smallest absolute Gasteiger partial charge is 0.268 e. The lowest BCUT2D eigenvalue weighted by Gasteiger charge is -2.10. The standard InChI is InChI=1S/C12H20N2O3/c1-3-4-9(2)7-16-8-11-10(5-6-17-11)12(15)14-13/h5-6,9H,3-4,7-8,13H2,1-2H3,(H,14,15). The molecule has 5 heteroatoms. The number of carbonyl (C=O) groups is 1. The molecule has 0 aliphatic heterocycles. The fraction of sp³-hybridized carbons (Fsp3) is 0.583. The van der Waals surface area contributed by atoms with Crippen molar-refractivity contribution in [2.75, 3.05) is 6.61 Å². The molecule has 0 bridgehead atoms. The molecule has 96 valence electrons. The van der Waals surface area contributed by atoms with Gasteiger partial charge in [-0.1, -0.05) is 20.3 Å². The van der Waals surface area contributed by atoms with E-state index in [4.69, 9.17) is 15.0 Å². The van der Waals surface area contributed by atoms with E-state index in [1.807, 2.05) is 0 Å². The summed E-state index contributed by atoms with van der Waals surface area (Å²) >= 11 is 0. The van der Waals surface area contributed by atoms with E-state index in [1.165, 1.54) is 6.26 Å². The van der Waals surface area contributed by atoms with Gasteiger partial charge < -0.3 is 9.15 Å². The molecule has 0 aliphatic carbocycles. The Morgan fingerprint density at radius 2 is 2.41 bits per heavy atom. The first-order chi connectivity index (χ1) is 8.19. The number of nitrogens with one attached hydrogen (secondary N) is 1. The Morgan fingerprint density at radius 3 is 3.06 bits per heavy atom. The number of rotatable bonds is 7. The molecule has 1 amide bonds. The normalized spacial score (nSPS) is 12.4. The van der Waals surface area contributed by atoms with Crippen LogP contribution in [0.5, 0.6) is 0 Å². The maximum absolute atomic E-state index is 11.3. The van der Waals surface area contributed by atoms with Crippen LogP contribution in [-0.4, -0.2) is 12.5 Å². The first-order valence-corrected chi connectivity index (χ1v) is 5.84. The van der Waals surface area contributed by atoms with Crippen molar-refractivity contribution in [2.24, 2.45) is 11.8 Å². The minimum absolute atomic E-state index is 0.295. The van der Waals surface area contributed by atoms with E-state index in [9.17, 15) is 4.79 Å². The molecule has 0 fully saturated rings. The van der Waals surface area contributed by atoms with E-state index in [0.29, 0.717) is 30.5 Å². The van der Waals surface area contributed by atoms with Gasteiger partial charge in [-0.25, -0.2) is 5.84 Å². The molecule has 0 spiro atoms.